The van der Waals surface area contributed by atoms with Crippen molar-refractivity contribution in [3.05, 3.63) is 54.2 Å². The molecule has 2 aromatic heterocycles. The number of pyridine rings is 1. The van der Waals surface area contributed by atoms with Crippen LogP contribution in [0.5, 0.6) is 0 Å². The summed E-state index contributed by atoms with van der Waals surface area (Å²) in [5, 5.41) is 1.18. The number of benzene rings is 1. The standard InChI is InChI=1S/C16H17N5/c17-10-12-9-15(13-3-1-2-4-14(13)19-12)21-8-7-20-6-5-18-16(20)11-21/h1-6,9H,7-8,10-11,17H2. The second-order valence-electron chi connectivity index (χ2n) is 5.31. The van der Waals surface area contributed by atoms with Gasteiger partial charge in [-0.3, -0.25) is 4.98 Å². The molecule has 0 bridgehead atoms. The topological polar surface area (TPSA) is 60.0 Å². The van der Waals surface area contributed by atoms with E-state index in [-0.39, 0.29) is 0 Å². The summed E-state index contributed by atoms with van der Waals surface area (Å²) >= 11 is 0. The molecule has 0 aliphatic carbocycles. The Balaban J connectivity index is 1.83. The predicted octanol–water partition coefficient (Wildman–Crippen LogP) is 1.91. The smallest absolute Gasteiger partial charge is 0.128 e. The molecule has 21 heavy (non-hydrogen) atoms. The Morgan fingerprint density at radius 1 is 1.19 bits per heavy atom. The van der Waals surface area contributed by atoms with Crippen LogP contribution in [0.15, 0.2) is 42.7 Å². The average Bonchev–Trinajstić information content (AvgIpc) is 3.01. The van der Waals surface area contributed by atoms with E-state index in [1.165, 1.54) is 11.1 Å². The van der Waals surface area contributed by atoms with Crippen molar-refractivity contribution in [1.82, 2.24) is 14.5 Å². The summed E-state index contributed by atoms with van der Waals surface area (Å²) in [6.45, 7) is 3.22. The Labute approximate surface area is 123 Å². The fourth-order valence-corrected chi connectivity index (χ4v) is 2.96. The van der Waals surface area contributed by atoms with Crippen molar-refractivity contribution in [1.29, 1.82) is 0 Å². The Hall–Kier alpha value is -2.40. The average molecular weight is 279 g/mol. The minimum atomic E-state index is 0.459. The summed E-state index contributed by atoms with van der Waals surface area (Å²) < 4.78 is 2.21. The van der Waals surface area contributed by atoms with Crippen molar-refractivity contribution in [2.24, 2.45) is 5.73 Å². The second kappa shape index (κ2) is 4.86. The maximum atomic E-state index is 5.80. The van der Waals surface area contributed by atoms with Crippen molar-refractivity contribution in [3.63, 3.8) is 0 Å². The lowest BCUT2D eigenvalue weighted by molar-refractivity contribution is 0.561. The molecule has 1 aromatic carbocycles. The van der Waals surface area contributed by atoms with Gasteiger partial charge in [0.2, 0.25) is 0 Å². The van der Waals surface area contributed by atoms with Crippen molar-refractivity contribution in [2.45, 2.75) is 19.6 Å². The molecular formula is C16H17N5. The highest BCUT2D eigenvalue weighted by Gasteiger charge is 2.19. The van der Waals surface area contributed by atoms with Gasteiger partial charge in [0.15, 0.2) is 0 Å². The Kier molecular flexibility index (Phi) is 2.86. The van der Waals surface area contributed by atoms with Gasteiger partial charge in [0.05, 0.1) is 17.8 Å². The highest BCUT2D eigenvalue weighted by atomic mass is 15.2. The lowest BCUT2D eigenvalue weighted by Crippen LogP contribution is -2.33. The van der Waals surface area contributed by atoms with Crippen molar-refractivity contribution < 1.29 is 0 Å². The fraction of sp³-hybridized carbons (Fsp3) is 0.250. The molecule has 4 rings (SSSR count). The van der Waals surface area contributed by atoms with Crippen molar-refractivity contribution >= 4 is 16.6 Å². The molecule has 106 valence electrons. The number of fused-ring (bicyclic) bond motifs is 2. The first-order valence-electron chi connectivity index (χ1n) is 7.19. The Morgan fingerprint density at radius 3 is 3.00 bits per heavy atom. The minimum Gasteiger partial charge on any atom is -0.362 e. The highest BCUT2D eigenvalue weighted by Crippen LogP contribution is 2.29. The van der Waals surface area contributed by atoms with Crippen LogP contribution in [0.25, 0.3) is 10.9 Å². The number of hydrogen-bond donors (Lipinski definition) is 1. The molecule has 3 heterocycles. The van der Waals surface area contributed by atoms with E-state index >= 15 is 0 Å². The number of nitrogens with zero attached hydrogens (tertiary/aromatic N) is 4. The van der Waals surface area contributed by atoms with E-state index in [0.717, 1.165) is 36.7 Å². The number of nitrogens with two attached hydrogens (primary N) is 1. The van der Waals surface area contributed by atoms with Crippen LogP contribution in [-0.2, 0) is 19.6 Å². The first-order chi connectivity index (χ1) is 10.3. The quantitative estimate of drug-likeness (QED) is 0.778. The molecule has 5 nitrogen and oxygen atoms in total. The highest BCUT2D eigenvalue weighted by molar-refractivity contribution is 5.92. The molecule has 0 saturated carbocycles. The zero-order valence-electron chi connectivity index (χ0n) is 11.7. The molecule has 0 fully saturated rings. The summed E-state index contributed by atoms with van der Waals surface area (Å²) in [5.74, 6) is 1.11. The maximum absolute atomic E-state index is 5.80. The maximum Gasteiger partial charge on any atom is 0.128 e. The normalized spacial score (nSPS) is 14.4. The largest absolute Gasteiger partial charge is 0.362 e. The lowest BCUT2D eigenvalue weighted by Gasteiger charge is -2.30. The number of rotatable bonds is 2. The number of imidazole rings is 1. The predicted molar refractivity (Wildman–Crippen MR) is 82.9 cm³/mol. The monoisotopic (exact) mass is 279 g/mol. The number of anilines is 1. The van der Waals surface area contributed by atoms with Crippen LogP contribution >= 0.6 is 0 Å². The SMILES string of the molecule is NCc1cc(N2CCn3ccnc3C2)c2ccccc2n1. The van der Waals surface area contributed by atoms with Gasteiger partial charge < -0.3 is 15.2 Å². The van der Waals surface area contributed by atoms with Crippen LogP contribution in [0.4, 0.5) is 5.69 Å². The van der Waals surface area contributed by atoms with Gasteiger partial charge in [0.1, 0.15) is 5.82 Å². The summed E-state index contributed by atoms with van der Waals surface area (Å²) in [6.07, 6.45) is 3.91. The van der Waals surface area contributed by atoms with Crippen molar-refractivity contribution in [3.8, 4) is 0 Å². The van der Waals surface area contributed by atoms with E-state index in [2.05, 4.69) is 37.6 Å². The Morgan fingerprint density at radius 2 is 2.10 bits per heavy atom. The zero-order valence-corrected chi connectivity index (χ0v) is 11.7. The third-order valence-electron chi connectivity index (χ3n) is 4.04. The number of aromatic nitrogens is 3. The number of para-hydroxylation sites is 1. The molecule has 1 aliphatic rings. The third-order valence-corrected chi connectivity index (χ3v) is 4.04. The van der Waals surface area contributed by atoms with E-state index in [1.807, 2.05) is 24.5 Å². The van der Waals surface area contributed by atoms with Gasteiger partial charge in [0, 0.05) is 43.1 Å². The van der Waals surface area contributed by atoms with Gasteiger partial charge in [-0.05, 0) is 12.1 Å². The van der Waals surface area contributed by atoms with Gasteiger partial charge in [-0.15, -0.1) is 0 Å². The van der Waals surface area contributed by atoms with Gasteiger partial charge >= 0.3 is 0 Å². The first kappa shape index (κ1) is 12.3. The van der Waals surface area contributed by atoms with Gasteiger partial charge in [-0.25, -0.2) is 4.98 Å². The second-order valence-corrected chi connectivity index (χ2v) is 5.31. The molecule has 0 unspecified atom stereocenters. The first-order valence-corrected chi connectivity index (χ1v) is 7.19. The van der Waals surface area contributed by atoms with E-state index in [4.69, 9.17) is 5.73 Å². The van der Waals surface area contributed by atoms with Crippen LogP contribution in [0.3, 0.4) is 0 Å². The molecule has 0 atom stereocenters. The van der Waals surface area contributed by atoms with Gasteiger partial charge in [-0.2, -0.15) is 0 Å². The van der Waals surface area contributed by atoms with Crippen molar-refractivity contribution in [2.75, 3.05) is 11.4 Å². The minimum absolute atomic E-state index is 0.459. The van der Waals surface area contributed by atoms with Crippen LogP contribution < -0.4 is 10.6 Å². The molecule has 0 amide bonds. The van der Waals surface area contributed by atoms with E-state index in [1.54, 1.807) is 0 Å². The summed E-state index contributed by atoms with van der Waals surface area (Å²) in [5.41, 5.74) is 8.94. The number of hydrogen-bond acceptors (Lipinski definition) is 4. The fourth-order valence-electron chi connectivity index (χ4n) is 2.96. The molecular weight excluding hydrogens is 262 g/mol. The molecule has 1 aliphatic heterocycles. The molecule has 5 heteroatoms. The Bertz CT molecular complexity index is 792. The summed E-state index contributed by atoms with van der Waals surface area (Å²) in [6, 6.07) is 10.4. The lowest BCUT2D eigenvalue weighted by atomic mass is 10.1. The molecule has 0 radical (unpaired) electrons. The van der Waals surface area contributed by atoms with Crippen LogP contribution in [0.1, 0.15) is 11.5 Å². The van der Waals surface area contributed by atoms with Crippen LogP contribution in [0, 0.1) is 0 Å². The van der Waals surface area contributed by atoms with Gasteiger partial charge in [0.25, 0.3) is 0 Å². The molecule has 2 N–H and O–H groups in total. The molecule has 0 saturated heterocycles. The zero-order chi connectivity index (χ0) is 14.2. The van der Waals surface area contributed by atoms with Gasteiger partial charge in [-0.1, -0.05) is 18.2 Å². The van der Waals surface area contributed by atoms with E-state index < -0.39 is 0 Å². The summed E-state index contributed by atoms with van der Waals surface area (Å²) in [4.78, 5) is 11.4. The van der Waals surface area contributed by atoms with E-state index in [0.29, 0.717) is 6.54 Å². The van der Waals surface area contributed by atoms with Crippen LogP contribution in [-0.4, -0.2) is 21.1 Å². The van der Waals surface area contributed by atoms with Crippen LogP contribution in [0.2, 0.25) is 0 Å². The third kappa shape index (κ3) is 2.06. The molecule has 3 aromatic rings. The summed E-state index contributed by atoms with van der Waals surface area (Å²) in [7, 11) is 0. The molecule has 0 spiro atoms. The van der Waals surface area contributed by atoms with E-state index in [9.17, 15) is 0 Å².